The average Bonchev–Trinajstić information content (AvgIpc) is 2.61. The van der Waals surface area contributed by atoms with Gasteiger partial charge in [-0.2, -0.15) is 0 Å². The summed E-state index contributed by atoms with van der Waals surface area (Å²) in [5.74, 6) is -1.68. The van der Waals surface area contributed by atoms with Gasteiger partial charge < -0.3 is 14.8 Å². The maximum absolute atomic E-state index is 13.7. The molecule has 1 N–H and O–H groups in total. The Morgan fingerprint density at radius 1 is 1.21 bits per heavy atom. The van der Waals surface area contributed by atoms with Gasteiger partial charge in [-0.25, -0.2) is 14.2 Å². The quantitative estimate of drug-likeness (QED) is 0.816. The fourth-order valence-electron chi connectivity index (χ4n) is 2.20. The lowest BCUT2D eigenvalue weighted by atomic mass is 10.1. The second-order valence-corrected chi connectivity index (χ2v) is 4.90. The molecule has 0 aliphatic heterocycles. The van der Waals surface area contributed by atoms with Crippen LogP contribution in [-0.2, 0) is 16.0 Å². The largest absolute Gasteiger partial charge is 0.481 e. The number of nitrogens with one attached hydrogen (secondary N) is 1. The molecule has 7 heteroatoms. The van der Waals surface area contributed by atoms with E-state index < -0.39 is 23.7 Å². The highest BCUT2D eigenvalue weighted by Gasteiger charge is 2.25. The van der Waals surface area contributed by atoms with Crippen LogP contribution in [0.5, 0.6) is 5.88 Å². The standard InChI is InChI=1S/C17H17FN2O4/c1-23-16-11(6-5-9-19-16)10-14(17(22)24-2)20-15(21)12-7-3-4-8-13(12)18/h3-9,14H,10H2,1-2H3,(H,20,21)/t14-/m1/s1. The Morgan fingerprint density at radius 2 is 1.96 bits per heavy atom. The number of ether oxygens (including phenoxy) is 2. The van der Waals surface area contributed by atoms with Crippen molar-refractivity contribution in [2.75, 3.05) is 14.2 Å². The van der Waals surface area contributed by atoms with Gasteiger partial charge >= 0.3 is 5.97 Å². The Bertz CT molecular complexity index is 736. The van der Waals surface area contributed by atoms with Gasteiger partial charge in [0.25, 0.3) is 5.91 Å². The zero-order valence-electron chi connectivity index (χ0n) is 13.3. The molecule has 1 atom stereocenters. The van der Waals surface area contributed by atoms with Gasteiger partial charge in [0.15, 0.2) is 0 Å². The number of nitrogens with zero attached hydrogens (tertiary/aromatic N) is 1. The van der Waals surface area contributed by atoms with Crippen LogP contribution in [0, 0.1) is 5.82 Å². The van der Waals surface area contributed by atoms with Crippen molar-refractivity contribution in [3.05, 3.63) is 59.5 Å². The van der Waals surface area contributed by atoms with Gasteiger partial charge in [0.1, 0.15) is 11.9 Å². The molecule has 0 saturated heterocycles. The number of carbonyl (C=O) groups excluding carboxylic acids is 2. The first kappa shape index (κ1) is 17.4. The van der Waals surface area contributed by atoms with E-state index in [1.165, 1.54) is 38.5 Å². The van der Waals surface area contributed by atoms with Crippen molar-refractivity contribution >= 4 is 11.9 Å². The second kappa shape index (κ2) is 8.05. The normalized spacial score (nSPS) is 11.5. The maximum Gasteiger partial charge on any atom is 0.328 e. The predicted octanol–water partition coefficient (Wildman–Crippen LogP) is 1.74. The summed E-state index contributed by atoms with van der Waals surface area (Å²) in [6.07, 6.45) is 1.65. The summed E-state index contributed by atoms with van der Waals surface area (Å²) in [6.45, 7) is 0. The van der Waals surface area contributed by atoms with Gasteiger partial charge in [0.05, 0.1) is 19.8 Å². The number of halogens is 1. The van der Waals surface area contributed by atoms with E-state index in [0.29, 0.717) is 11.4 Å². The van der Waals surface area contributed by atoms with Gasteiger partial charge in [-0.3, -0.25) is 4.79 Å². The van der Waals surface area contributed by atoms with Gasteiger partial charge in [0, 0.05) is 18.2 Å². The van der Waals surface area contributed by atoms with E-state index >= 15 is 0 Å². The third-order valence-corrected chi connectivity index (χ3v) is 3.38. The number of hydrogen-bond acceptors (Lipinski definition) is 5. The Morgan fingerprint density at radius 3 is 2.62 bits per heavy atom. The number of amides is 1. The van der Waals surface area contributed by atoms with Crippen LogP contribution in [0.4, 0.5) is 4.39 Å². The van der Waals surface area contributed by atoms with Crippen LogP contribution in [0.15, 0.2) is 42.6 Å². The van der Waals surface area contributed by atoms with Crippen molar-refractivity contribution in [2.45, 2.75) is 12.5 Å². The molecular formula is C17H17FN2O4. The Kier molecular flexibility index (Phi) is 5.83. The van der Waals surface area contributed by atoms with E-state index in [1.54, 1.807) is 18.3 Å². The van der Waals surface area contributed by atoms with E-state index in [2.05, 4.69) is 10.3 Å². The minimum absolute atomic E-state index is 0.101. The van der Waals surface area contributed by atoms with Crippen LogP contribution in [-0.4, -0.2) is 37.1 Å². The highest BCUT2D eigenvalue weighted by molar-refractivity contribution is 5.97. The minimum Gasteiger partial charge on any atom is -0.481 e. The molecule has 2 aromatic rings. The molecule has 0 saturated carbocycles. The zero-order chi connectivity index (χ0) is 17.5. The second-order valence-electron chi connectivity index (χ2n) is 4.90. The number of carbonyl (C=O) groups is 2. The smallest absolute Gasteiger partial charge is 0.328 e. The maximum atomic E-state index is 13.7. The summed E-state index contributed by atoms with van der Waals surface area (Å²) in [4.78, 5) is 28.3. The van der Waals surface area contributed by atoms with Gasteiger partial charge in [-0.1, -0.05) is 18.2 Å². The molecule has 0 unspecified atom stereocenters. The molecule has 24 heavy (non-hydrogen) atoms. The lowest BCUT2D eigenvalue weighted by molar-refractivity contribution is -0.142. The Labute approximate surface area is 138 Å². The van der Waals surface area contributed by atoms with E-state index in [0.717, 1.165) is 0 Å². The monoisotopic (exact) mass is 332 g/mol. The molecule has 1 aromatic heterocycles. The zero-order valence-corrected chi connectivity index (χ0v) is 13.3. The molecular weight excluding hydrogens is 315 g/mol. The van der Waals surface area contributed by atoms with Crippen molar-refractivity contribution < 1.29 is 23.5 Å². The number of methoxy groups -OCH3 is 2. The fraction of sp³-hybridized carbons (Fsp3) is 0.235. The predicted molar refractivity (Wildman–Crippen MR) is 84.2 cm³/mol. The molecule has 0 bridgehead atoms. The average molecular weight is 332 g/mol. The van der Waals surface area contributed by atoms with Crippen molar-refractivity contribution in [1.82, 2.24) is 10.3 Å². The summed E-state index contributed by atoms with van der Waals surface area (Å²) in [5.41, 5.74) is 0.466. The molecule has 0 radical (unpaired) electrons. The fourth-order valence-corrected chi connectivity index (χ4v) is 2.20. The minimum atomic E-state index is -1.000. The molecule has 1 heterocycles. The van der Waals surface area contributed by atoms with Crippen LogP contribution >= 0.6 is 0 Å². The van der Waals surface area contributed by atoms with E-state index in [-0.39, 0.29) is 12.0 Å². The van der Waals surface area contributed by atoms with E-state index in [4.69, 9.17) is 9.47 Å². The number of esters is 1. The van der Waals surface area contributed by atoms with Crippen molar-refractivity contribution in [3.8, 4) is 5.88 Å². The molecule has 2 rings (SSSR count). The van der Waals surface area contributed by atoms with Gasteiger partial charge in [-0.05, 0) is 18.2 Å². The van der Waals surface area contributed by atoms with Crippen molar-refractivity contribution in [3.63, 3.8) is 0 Å². The van der Waals surface area contributed by atoms with E-state index in [9.17, 15) is 14.0 Å². The topological polar surface area (TPSA) is 77.5 Å². The molecule has 1 amide bonds. The third-order valence-electron chi connectivity index (χ3n) is 3.38. The first-order valence-corrected chi connectivity index (χ1v) is 7.18. The summed E-state index contributed by atoms with van der Waals surface area (Å²) < 4.78 is 23.6. The number of benzene rings is 1. The summed E-state index contributed by atoms with van der Waals surface area (Å²) >= 11 is 0. The SMILES string of the molecule is COC(=O)[C@@H](Cc1cccnc1OC)NC(=O)c1ccccc1F. The van der Waals surface area contributed by atoms with Crippen molar-refractivity contribution in [1.29, 1.82) is 0 Å². The third kappa shape index (κ3) is 4.07. The van der Waals surface area contributed by atoms with Crippen LogP contribution in [0.3, 0.4) is 0 Å². The first-order chi connectivity index (χ1) is 11.6. The molecule has 126 valence electrons. The molecule has 0 spiro atoms. The number of hydrogen-bond donors (Lipinski definition) is 1. The first-order valence-electron chi connectivity index (χ1n) is 7.18. The molecule has 1 aromatic carbocycles. The van der Waals surface area contributed by atoms with Gasteiger partial charge in [-0.15, -0.1) is 0 Å². The number of aromatic nitrogens is 1. The Balaban J connectivity index is 2.22. The summed E-state index contributed by atoms with van der Waals surface area (Å²) in [7, 11) is 2.67. The van der Waals surface area contributed by atoms with Crippen LogP contribution in [0.2, 0.25) is 0 Å². The number of pyridine rings is 1. The van der Waals surface area contributed by atoms with E-state index in [1.807, 2.05) is 0 Å². The molecule has 0 fully saturated rings. The Hall–Kier alpha value is -2.96. The summed E-state index contributed by atoms with van der Waals surface area (Å²) in [6, 6.07) is 7.93. The lowest BCUT2D eigenvalue weighted by Crippen LogP contribution is -2.43. The molecule has 0 aliphatic rings. The summed E-state index contributed by atoms with van der Waals surface area (Å²) in [5, 5.41) is 2.49. The lowest BCUT2D eigenvalue weighted by Gasteiger charge is -2.17. The van der Waals surface area contributed by atoms with Crippen LogP contribution in [0.1, 0.15) is 15.9 Å². The van der Waals surface area contributed by atoms with Crippen LogP contribution < -0.4 is 10.1 Å². The highest BCUT2D eigenvalue weighted by Crippen LogP contribution is 2.16. The number of rotatable bonds is 6. The van der Waals surface area contributed by atoms with Gasteiger partial charge in [0.2, 0.25) is 5.88 Å². The van der Waals surface area contributed by atoms with Crippen LogP contribution in [0.25, 0.3) is 0 Å². The highest BCUT2D eigenvalue weighted by atomic mass is 19.1. The molecule has 0 aliphatic carbocycles. The van der Waals surface area contributed by atoms with Crippen molar-refractivity contribution in [2.24, 2.45) is 0 Å². The molecule has 6 nitrogen and oxygen atoms in total.